The van der Waals surface area contributed by atoms with Crippen molar-refractivity contribution >= 4 is 0 Å². The largest absolute Gasteiger partial charge is 0.762 e. The molecule has 2 unspecified atom stereocenters. The highest BCUT2D eigenvalue weighted by molar-refractivity contribution is 5.17. The molecule has 0 aliphatic rings. The van der Waals surface area contributed by atoms with Crippen molar-refractivity contribution in [1.29, 1.82) is 0 Å². The fourth-order valence-electron chi connectivity index (χ4n) is 1.65. The van der Waals surface area contributed by atoms with Gasteiger partial charge in [-0.25, -0.2) is 0 Å². The van der Waals surface area contributed by atoms with Gasteiger partial charge >= 0.3 is 0 Å². The standard InChI is InChI=1S/C14H20NO3/c1-11(2)8-9-14(16)13(15(17)18)10-12-6-4-3-5-7-12/h3-9,11,13-14,16-17H,10H2,1-2H3/q-1. The Labute approximate surface area is 108 Å². The van der Waals surface area contributed by atoms with Crippen LogP contribution in [0.5, 0.6) is 0 Å². The Kier molecular flexibility index (Phi) is 6.01. The zero-order valence-electron chi connectivity index (χ0n) is 10.7. The average Bonchev–Trinajstić information content (AvgIpc) is 2.34. The van der Waals surface area contributed by atoms with Crippen molar-refractivity contribution in [3.8, 4) is 0 Å². The number of hydrogen-bond donors (Lipinski definition) is 2. The van der Waals surface area contributed by atoms with Crippen molar-refractivity contribution in [2.45, 2.75) is 32.4 Å². The molecular formula is C14H20NO3-. The lowest BCUT2D eigenvalue weighted by Gasteiger charge is -2.33. The fraction of sp³-hybridized carbons (Fsp3) is 0.429. The van der Waals surface area contributed by atoms with E-state index >= 15 is 0 Å². The van der Waals surface area contributed by atoms with Crippen LogP contribution in [0, 0.1) is 11.1 Å². The Morgan fingerprint density at radius 2 is 1.83 bits per heavy atom. The molecule has 0 saturated heterocycles. The van der Waals surface area contributed by atoms with E-state index in [-0.39, 0.29) is 11.1 Å². The number of rotatable bonds is 6. The second-order valence-corrected chi connectivity index (χ2v) is 4.68. The molecule has 18 heavy (non-hydrogen) atoms. The average molecular weight is 250 g/mol. The normalized spacial score (nSPS) is 15.5. The zero-order valence-corrected chi connectivity index (χ0v) is 10.7. The van der Waals surface area contributed by atoms with Gasteiger partial charge in [0.2, 0.25) is 0 Å². The number of benzene rings is 1. The number of hydrogen-bond acceptors (Lipinski definition) is 4. The molecule has 1 aromatic rings. The van der Waals surface area contributed by atoms with Gasteiger partial charge in [-0.2, -0.15) is 0 Å². The lowest BCUT2D eigenvalue weighted by molar-refractivity contribution is -0.105. The topological polar surface area (TPSA) is 66.8 Å². The molecule has 0 spiro atoms. The molecule has 2 atom stereocenters. The van der Waals surface area contributed by atoms with Crippen LogP contribution in [-0.2, 0) is 6.42 Å². The van der Waals surface area contributed by atoms with Crippen molar-refractivity contribution in [1.82, 2.24) is 5.23 Å². The number of hydroxylamine groups is 2. The SMILES string of the molecule is CC(C)C=CC(O)C(Cc1ccccc1)N([O-])O. The van der Waals surface area contributed by atoms with E-state index in [4.69, 9.17) is 5.21 Å². The molecule has 0 aliphatic carbocycles. The molecule has 2 N–H and O–H groups in total. The molecule has 4 nitrogen and oxygen atoms in total. The van der Waals surface area contributed by atoms with E-state index in [1.165, 1.54) is 0 Å². The second-order valence-electron chi connectivity index (χ2n) is 4.68. The summed E-state index contributed by atoms with van der Waals surface area (Å²) >= 11 is 0. The van der Waals surface area contributed by atoms with Gasteiger partial charge in [0.25, 0.3) is 0 Å². The van der Waals surface area contributed by atoms with E-state index < -0.39 is 12.1 Å². The summed E-state index contributed by atoms with van der Waals surface area (Å²) in [4.78, 5) is 0. The first kappa shape index (κ1) is 14.9. The van der Waals surface area contributed by atoms with Gasteiger partial charge in [0.1, 0.15) is 0 Å². The van der Waals surface area contributed by atoms with Gasteiger partial charge in [0.15, 0.2) is 0 Å². The van der Waals surface area contributed by atoms with Crippen molar-refractivity contribution in [3.63, 3.8) is 0 Å². The third kappa shape index (κ3) is 4.98. The smallest absolute Gasteiger partial charge is 0.0891 e. The van der Waals surface area contributed by atoms with Crippen molar-refractivity contribution in [2.24, 2.45) is 5.92 Å². The Hall–Kier alpha value is -1.20. The first-order chi connectivity index (χ1) is 8.50. The van der Waals surface area contributed by atoms with E-state index in [0.717, 1.165) is 5.56 Å². The summed E-state index contributed by atoms with van der Waals surface area (Å²) in [5.41, 5.74) is 0.898. The fourth-order valence-corrected chi connectivity index (χ4v) is 1.65. The van der Waals surface area contributed by atoms with Crippen LogP contribution in [0.15, 0.2) is 42.5 Å². The van der Waals surface area contributed by atoms with Crippen LogP contribution in [0.4, 0.5) is 0 Å². The van der Waals surface area contributed by atoms with Gasteiger partial charge in [-0.1, -0.05) is 56.3 Å². The van der Waals surface area contributed by atoms with E-state index in [1.54, 1.807) is 6.08 Å². The minimum absolute atomic E-state index is 0.164. The van der Waals surface area contributed by atoms with Gasteiger partial charge in [-0.05, 0) is 17.9 Å². The second kappa shape index (κ2) is 7.28. The summed E-state index contributed by atoms with van der Waals surface area (Å²) in [5.74, 6) is 0.288. The summed E-state index contributed by atoms with van der Waals surface area (Å²) in [6.07, 6.45) is 2.67. The Balaban J connectivity index is 2.71. The molecule has 0 saturated carbocycles. The predicted molar refractivity (Wildman–Crippen MR) is 70.9 cm³/mol. The molecule has 0 bridgehead atoms. The van der Waals surface area contributed by atoms with E-state index in [1.807, 2.05) is 50.3 Å². The van der Waals surface area contributed by atoms with Gasteiger partial charge in [0.05, 0.1) is 12.1 Å². The van der Waals surface area contributed by atoms with Crippen LogP contribution in [0.25, 0.3) is 0 Å². The minimum atomic E-state index is -0.991. The van der Waals surface area contributed by atoms with E-state index in [0.29, 0.717) is 6.42 Å². The van der Waals surface area contributed by atoms with Crippen molar-refractivity contribution < 1.29 is 10.3 Å². The lowest BCUT2D eigenvalue weighted by Crippen LogP contribution is -2.39. The summed E-state index contributed by atoms with van der Waals surface area (Å²) in [6.45, 7) is 3.95. The third-order valence-corrected chi connectivity index (χ3v) is 2.66. The van der Waals surface area contributed by atoms with Gasteiger partial charge in [-0.15, -0.1) is 0 Å². The highest BCUT2D eigenvalue weighted by atomic mass is 16.8. The quantitative estimate of drug-likeness (QED) is 0.601. The molecule has 1 aromatic carbocycles. The molecule has 4 heteroatoms. The van der Waals surface area contributed by atoms with Crippen LogP contribution in [-0.4, -0.2) is 27.7 Å². The highest BCUT2D eigenvalue weighted by Gasteiger charge is 2.18. The first-order valence-corrected chi connectivity index (χ1v) is 6.06. The van der Waals surface area contributed by atoms with Gasteiger partial charge in [0, 0.05) is 0 Å². The Bertz CT molecular complexity index is 363. The molecule has 0 aromatic heterocycles. The number of allylic oxidation sites excluding steroid dienone is 1. The maximum atomic E-state index is 11.1. The first-order valence-electron chi connectivity index (χ1n) is 6.06. The van der Waals surface area contributed by atoms with Gasteiger partial charge in [-0.3, -0.25) is 5.23 Å². The summed E-state index contributed by atoms with van der Waals surface area (Å²) in [7, 11) is 0. The molecule has 0 heterocycles. The highest BCUT2D eigenvalue weighted by Crippen LogP contribution is 2.12. The maximum absolute atomic E-state index is 11.1. The monoisotopic (exact) mass is 250 g/mol. The molecule has 0 radical (unpaired) electrons. The van der Waals surface area contributed by atoms with Crippen LogP contribution in [0.3, 0.4) is 0 Å². The minimum Gasteiger partial charge on any atom is -0.762 e. The maximum Gasteiger partial charge on any atom is 0.0891 e. The molecule has 0 amide bonds. The lowest BCUT2D eigenvalue weighted by atomic mass is 10.0. The van der Waals surface area contributed by atoms with E-state index in [2.05, 4.69) is 0 Å². The summed E-state index contributed by atoms with van der Waals surface area (Å²) < 4.78 is 0. The van der Waals surface area contributed by atoms with E-state index in [9.17, 15) is 10.3 Å². The number of aliphatic hydroxyl groups is 1. The van der Waals surface area contributed by atoms with Crippen LogP contribution in [0.2, 0.25) is 0 Å². The Morgan fingerprint density at radius 1 is 1.22 bits per heavy atom. The van der Waals surface area contributed by atoms with Crippen molar-refractivity contribution in [3.05, 3.63) is 53.3 Å². The molecule has 1 rings (SSSR count). The van der Waals surface area contributed by atoms with Gasteiger partial charge < -0.3 is 15.5 Å². The zero-order chi connectivity index (χ0) is 13.5. The van der Waals surface area contributed by atoms with Crippen LogP contribution in [0.1, 0.15) is 19.4 Å². The van der Waals surface area contributed by atoms with Crippen LogP contribution >= 0.6 is 0 Å². The number of aliphatic hydroxyl groups excluding tert-OH is 1. The molecular weight excluding hydrogens is 230 g/mol. The summed E-state index contributed by atoms with van der Waals surface area (Å²) in [6, 6.07) is 8.42. The summed E-state index contributed by atoms with van der Waals surface area (Å²) in [5, 5.41) is 29.9. The molecule has 0 aliphatic heterocycles. The van der Waals surface area contributed by atoms with Crippen molar-refractivity contribution in [2.75, 3.05) is 0 Å². The molecule has 100 valence electrons. The Morgan fingerprint density at radius 3 is 2.33 bits per heavy atom. The van der Waals surface area contributed by atoms with Crippen LogP contribution < -0.4 is 0 Å². The predicted octanol–water partition coefficient (Wildman–Crippen LogP) is 2.36. The number of nitrogens with zero attached hydrogens (tertiary/aromatic N) is 1. The third-order valence-electron chi connectivity index (χ3n) is 2.66. The molecule has 0 fully saturated rings.